The standard InChI is InChI=1S/C31H37N5O6/c1-16(2)22-12-20(35(39)40)13-23(17(3)4)28(22)33-30(37)26-10-9-11-27(32-26)31(38)34-29-24(18(5)6)14-21(36(41)42)15-25(29)19(7)8/h9-19H,1-8H3,(H,33,37)(H,34,38). The molecule has 0 unspecified atom stereocenters. The molecule has 0 aliphatic heterocycles. The van der Waals surface area contributed by atoms with Crippen molar-refractivity contribution in [2.24, 2.45) is 0 Å². The van der Waals surface area contributed by atoms with Crippen LogP contribution in [0.5, 0.6) is 0 Å². The van der Waals surface area contributed by atoms with Gasteiger partial charge in [0.05, 0.1) is 9.85 Å². The first-order valence-electron chi connectivity index (χ1n) is 13.9. The van der Waals surface area contributed by atoms with Crippen molar-refractivity contribution >= 4 is 34.6 Å². The fourth-order valence-corrected chi connectivity index (χ4v) is 4.71. The number of anilines is 2. The zero-order chi connectivity index (χ0) is 31.5. The Labute approximate surface area is 245 Å². The highest BCUT2D eigenvalue weighted by molar-refractivity contribution is 6.07. The molecule has 0 atom stereocenters. The molecule has 0 bridgehead atoms. The first-order chi connectivity index (χ1) is 19.6. The summed E-state index contributed by atoms with van der Waals surface area (Å²) in [5, 5.41) is 28.9. The van der Waals surface area contributed by atoms with Crippen molar-refractivity contribution < 1.29 is 19.4 Å². The highest BCUT2D eigenvalue weighted by Crippen LogP contribution is 2.38. The number of carbonyl (C=O) groups excluding carboxylic acids is 2. The molecule has 3 aromatic rings. The Morgan fingerprint density at radius 1 is 0.619 bits per heavy atom. The van der Waals surface area contributed by atoms with Crippen molar-refractivity contribution in [3.63, 3.8) is 0 Å². The number of amides is 2. The summed E-state index contributed by atoms with van der Waals surface area (Å²) in [4.78, 5) is 53.3. The SMILES string of the molecule is CC(C)c1cc([N+](=O)[O-])cc(C(C)C)c1NC(=O)c1cccc(C(=O)Nc2c(C(C)C)cc([N+](=O)[O-])cc2C(C)C)n1. The summed E-state index contributed by atoms with van der Waals surface area (Å²) in [5.74, 6) is -1.60. The number of nitrogens with one attached hydrogen (secondary N) is 2. The summed E-state index contributed by atoms with van der Waals surface area (Å²) >= 11 is 0. The van der Waals surface area contributed by atoms with E-state index in [1.165, 1.54) is 36.4 Å². The first-order valence-corrected chi connectivity index (χ1v) is 13.9. The zero-order valence-electron chi connectivity index (χ0n) is 25.1. The predicted octanol–water partition coefficient (Wildman–Crippen LogP) is 7.90. The lowest BCUT2D eigenvalue weighted by molar-refractivity contribution is -0.385. The lowest BCUT2D eigenvalue weighted by Crippen LogP contribution is -2.21. The van der Waals surface area contributed by atoms with E-state index in [0.29, 0.717) is 33.6 Å². The predicted molar refractivity (Wildman–Crippen MR) is 163 cm³/mol. The topological polar surface area (TPSA) is 157 Å². The molecule has 222 valence electrons. The molecule has 2 amide bonds. The number of nitro benzene ring substituents is 2. The maximum absolute atomic E-state index is 13.4. The van der Waals surface area contributed by atoms with Gasteiger partial charge in [-0.05, 0) is 58.1 Å². The lowest BCUT2D eigenvalue weighted by Gasteiger charge is -2.21. The van der Waals surface area contributed by atoms with E-state index < -0.39 is 21.7 Å². The van der Waals surface area contributed by atoms with Crippen LogP contribution >= 0.6 is 0 Å². The number of carbonyl (C=O) groups is 2. The third-order valence-corrected chi connectivity index (χ3v) is 6.97. The molecular formula is C31H37N5O6. The van der Waals surface area contributed by atoms with E-state index in [0.717, 1.165) is 0 Å². The number of aromatic nitrogens is 1. The molecule has 0 saturated heterocycles. The van der Waals surface area contributed by atoms with E-state index in [-0.39, 0.29) is 46.4 Å². The molecule has 0 radical (unpaired) electrons. The normalized spacial score (nSPS) is 11.3. The van der Waals surface area contributed by atoms with Crippen LogP contribution in [0.2, 0.25) is 0 Å². The van der Waals surface area contributed by atoms with Gasteiger partial charge in [0.1, 0.15) is 11.4 Å². The number of benzene rings is 2. The Bertz CT molecular complexity index is 1380. The molecule has 11 nitrogen and oxygen atoms in total. The second-order valence-electron chi connectivity index (χ2n) is 11.4. The number of nitrogens with zero attached hydrogens (tertiary/aromatic N) is 3. The van der Waals surface area contributed by atoms with E-state index in [2.05, 4.69) is 15.6 Å². The highest BCUT2D eigenvalue weighted by atomic mass is 16.6. The summed E-state index contributed by atoms with van der Waals surface area (Å²) in [6.07, 6.45) is 0. The number of pyridine rings is 1. The Kier molecular flexibility index (Phi) is 9.77. The molecule has 2 aromatic carbocycles. The molecule has 1 heterocycles. The van der Waals surface area contributed by atoms with Crippen LogP contribution in [0.4, 0.5) is 22.7 Å². The molecule has 1 aromatic heterocycles. The van der Waals surface area contributed by atoms with E-state index in [1.54, 1.807) is 6.07 Å². The van der Waals surface area contributed by atoms with Crippen LogP contribution in [0.15, 0.2) is 42.5 Å². The van der Waals surface area contributed by atoms with Gasteiger partial charge in [-0.25, -0.2) is 4.98 Å². The molecule has 0 fully saturated rings. The maximum atomic E-state index is 13.4. The number of rotatable bonds is 10. The largest absolute Gasteiger partial charge is 0.320 e. The maximum Gasteiger partial charge on any atom is 0.274 e. The third-order valence-electron chi connectivity index (χ3n) is 6.97. The van der Waals surface area contributed by atoms with Crippen molar-refractivity contribution in [1.29, 1.82) is 0 Å². The van der Waals surface area contributed by atoms with Gasteiger partial charge in [0.15, 0.2) is 0 Å². The number of hydrogen-bond acceptors (Lipinski definition) is 7. The second kappa shape index (κ2) is 12.9. The van der Waals surface area contributed by atoms with Gasteiger partial charge in [-0.3, -0.25) is 29.8 Å². The van der Waals surface area contributed by atoms with Crippen molar-refractivity contribution in [1.82, 2.24) is 4.98 Å². The number of nitro groups is 2. The van der Waals surface area contributed by atoms with Gasteiger partial charge in [-0.15, -0.1) is 0 Å². The summed E-state index contributed by atoms with van der Waals surface area (Å²) < 4.78 is 0. The van der Waals surface area contributed by atoms with E-state index in [4.69, 9.17) is 0 Å². The van der Waals surface area contributed by atoms with E-state index in [1.807, 2.05) is 55.4 Å². The molecule has 2 N–H and O–H groups in total. The summed E-state index contributed by atoms with van der Waals surface area (Å²) in [7, 11) is 0. The van der Waals surface area contributed by atoms with Crippen molar-refractivity contribution in [3.8, 4) is 0 Å². The van der Waals surface area contributed by atoms with Crippen LogP contribution < -0.4 is 10.6 Å². The summed E-state index contributed by atoms with van der Waals surface area (Å²) in [5.41, 5.74) is 3.33. The summed E-state index contributed by atoms with van der Waals surface area (Å²) in [6.45, 7) is 15.1. The van der Waals surface area contributed by atoms with Gasteiger partial charge < -0.3 is 10.6 Å². The second-order valence-corrected chi connectivity index (χ2v) is 11.4. The van der Waals surface area contributed by atoms with Crippen molar-refractivity contribution in [2.75, 3.05) is 10.6 Å². The monoisotopic (exact) mass is 575 g/mol. The Balaban J connectivity index is 2.00. The molecule has 42 heavy (non-hydrogen) atoms. The van der Waals surface area contributed by atoms with E-state index >= 15 is 0 Å². The average molecular weight is 576 g/mol. The number of hydrogen-bond donors (Lipinski definition) is 2. The van der Waals surface area contributed by atoms with Gasteiger partial charge in [-0.2, -0.15) is 0 Å². The minimum atomic E-state index is -0.566. The summed E-state index contributed by atoms with van der Waals surface area (Å²) in [6, 6.07) is 10.4. The first kappa shape index (κ1) is 31.9. The fourth-order valence-electron chi connectivity index (χ4n) is 4.71. The van der Waals surface area contributed by atoms with Gasteiger partial charge in [0, 0.05) is 35.6 Å². The van der Waals surface area contributed by atoms with Crippen LogP contribution in [0, 0.1) is 20.2 Å². The molecule has 0 aliphatic rings. The van der Waals surface area contributed by atoms with Crippen LogP contribution in [0.3, 0.4) is 0 Å². The molecule has 0 spiro atoms. The highest BCUT2D eigenvalue weighted by Gasteiger charge is 2.25. The minimum Gasteiger partial charge on any atom is -0.320 e. The van der Waals surface area contributed by atoms with Gasteiger partial charge in [0.25, 0.3) is 23.2 Å². The van der Waals surface area contributed by atoms with Crippen molar-refractivity contribution in [2.45, 2.75) is 79.1 Å². The van der Waals surface area contributed by atoms with Crippen LogP contribution in [-0.2, 0) is 0 Å². The quantitative estimate of drug-likeness (QED) is 0.184. The van der Waals surface area contributed by atoms with E-state index in [9.17, 15) is 29.8 Å². The Hall–Kier alpha value is -4.67. The van der Waals surface area contributed by atoms with Gasteiger partial charge in [-0.1, -0.05) is 61.5 Å². The van der Waals surface area contributed by atoms with Crippen LogP contribution in [0.25, 0.3) is 0 Å². The molecular weight excluding hydrogens is 538 g/mol. The zero-order valence-corrected chi connectivity index (χ0v) is 25.1. The van der Waals surface area contributed by atoms with Crippen LogP contribution in [-0.4, -0.2) is 26.6 Å². The molecule has 3 rings (SSSR count). The molecule has 0 saturated carbocycles. The number of non-ortho nitro benzene ring substituents is 2. The van der Waals surface area contributed by atoms with Crippen molar-refractivity contribution in [3.05, 3.63) is 96.3 Å². The van der Waals surface area contributed by atoms with Crippen LogP contribution in [0.1, 0.15) is 122 Å². The third kappa shape index (κ3) is 6.96. The Morgan fingerprint density at radius 2 is 0.905 bits per heavy atom. The van der Waals surface area contributed by atoms with Gasteiger partial charge >= 0.3 is 0 Å². The average Bonchev–Trinajstić information content (AvgIpc) is 2.92. The molecule has 0 aliphatic carbocycles. The fraction of sp³-hybridized carbons (Fsp3) is 0.387. The minimum absolute atomic E-state index is 0.0118. The Morgan fingerprint density at radius 3 is 1.14 bits per heavy atom. The smallest absolute Gasteiger partial charge is 0.274 e. The van der Waals surface area contributed by atoms with Gasteiger partial charge in [0.2, 0.25) is 0 Å². The molecule has 11 heteroatoms. The lowest BCUT2D eigenvalue weighted by atomic mass is 9.91.